The lowest BCUT2D eigenvalue weighted by Crippen LogP contribution is -1.84. The van der Waals surface area contributed by atoms with Crippen LogP contribution in [0.4, 0.5) is 0 Å². The van der Waals surface area contributed by atoms with Crippen LogP contribution in [0.5, 0.6) is 0 Å². The number of hydrogen-bond donors (Lipinski definition) is 0. The average Bonchev–Trinajstić information content (AvgIpc) is 2.55. The van der Waals surface area contributed by atoms with Crippen molar-refractivity contribution in [3.63, 3.8) is 0 Å². The van der Waals surface area contributed by atoms with Crippen LogP contribution in [0.3, 0.4) is 0 Å². The van der Waals surface area contributed by atoms with Crippen LogP contribution in [0.2, 0.25) is 0 Å². The molecule has 2 aromatic rings. The molecular formula is C16H16N4. The predicted molar refractivity (Wildman–Crippen MR) is 84.4 cm³/mol. The summed E-state index contributed by atoms with van der Waals surface area (Å²) in [5, 5.41) is 0. The summed E-state index contributed by atoms with van der Waals surface area (Å²) in [7, 11) is 0. The summed E-state index contributed by atoms with van der Waals surface area (Å²) in [6, 6.07) is 0. The number of hydrogen-bond acceptors (Lipinski definition) is 4. The Labute approximate surface area is 119 Å². The quantitative estimate of drug-likeness (QED) is 0.847. The van der Waals surface area contributed by atoms with Gasteiger partial charge in [-0.05, 0) is 24.3 Å². The molecule has 0 N–H and O–H groups in total. The Balaban J connectivity index is 0.000000200. The van der Waals surface area contributed by atoms with Gasteiger partial charge in [0.05, 0.1) is 47.6 Å². The highest BCUT2D eigenvalue weighted by Gasteiger charge is 1.88. The van der Waals surface area contributed by atoms with E-state index >= 15 is 0 Å². The van der Waals surface area contributed by atoms with Crippen molar-refractivity contribution in [3.05, 3.63) is 73.9 Å². The fraction of sp³-hybridized carbons (Fsp3) is 0. The molecule has 4 nitrogen and oxygen atoms in total. The van der Waals surface area contributed by atoms with Crippen LogP contribution in [-0.4, -0.2) is 19.9 Å². The van der Waals surface area contributed by atoms with E-state index in [9.17, 15) is 0 Å². The normalized spacial score (nSPS) is 8.80. The molecule has 4 heteroatoms. The maximum Gasteiger partial charge on any atom is 0.0807 e. The van der Waals surface area contributed by atoms with Gasteiger partial charge in [-0.1, -0.05) is 26.3 Å². The third kappa shape index (κ3) is 4.78. The van der Waals surface area contributed by atoms with Gasteiger partial charge in [-0.25, -0.2) is 0 Å². The van der Waals surface area contributed by atoms with Crippen LogP contribution in [0.25, 0.3) is 24.3 Å². The molecule has 0 radical (unpaired) electrons. The molecule has 2 rings (SSSR count). The third-order valence-corrected chi connectivity index (χ3v) is 2.22. The van der Waals surface area contributed by atoms with Crippen LogP contribution in [0, 0.1) is 0 Å². The van der Waals surface area contributed by atoms with Crippen molar-refractivity contribution in [2.45, 2.75) is 0 Å². The lowest BCUT2D eigenvalue weighted by Gasteiger charge is -1.91. The second-order valence-corrected chi connectivity index (χ2v) is 3.55. The summed E-state index contributed by atoms with van der Waals surface area (Å²) in [5.74, 6) is 0. The Kier molecular flexibility index (Phi) is 6.27. The minimum atomic E-state index is 0.783. The van der Waals surface area contributed by atoms with Crippen molar-refractivity contribution in [3.8, 4) is 0 Å². The van der Waals surface area contributed by atoms with E-state index < -0.39 is 0 Å². The van der Waals surface area contributed by atoms with Crippen molar-refractivity contribution in [1.82, 2.24) is 19.9 Å². The molecule has 0 aromatic carbocycles. The molecule has 2 aromatic heterocycles. The van der Waals surface area contributed by atoms with Gasteiger partial charge in [-0.2, -0.15) is 0 Å². The Morgan fingerprint density at radius 1 is 0.500 bits per heavy atom. The smallest absolute Gasteiger partial charge is 0.0807 e. The molecule has 2 heterocycles. The Morgan fingerprint density at radius 3 is 0.800 bits per heavy atom. The van der Waals surface area contributed by atoms with Gasteiger partial charge >= 0.3 is 0 Å². The van der Waals surface area contributed by atoms with E-state index in [-0.39, 0.29) is 0 Å². The molecule has 0 spiro atoms. The Morgan fingerprint density at radius 2 is 0.700 bits per heavy atom. The van der Waals surface area contributed by atoms with Gasteiger partial charge in [0, 0.05) is 0 Å². The zero-order valence-corrected chi connectivity index (χ0v) is 11.2. The third-order valence-electron chi connectivity index (χ3n) is 2.22. The van der Waals surface area contributed by atoms with Gasteiger partial charge in [0.2, 0.25) is 0 Å². The van der Waals surface area contributed by atoms with Crippen LogP contribution < -0.4 is 0 Å². The minimum Gasteiger partial charge on any atom is -0.253 e. The first-order valence-corrected chi connectivity index (χ1v) is 5.87. The van der Waals surface area contributed by atoms with Gasteiger partial charge in [-0.3, -0.25) is 19.9 Å². The molecule has 0 atom stereocenters. The highest BCUT2D eigenvalue weighted by molar-refractivity contribution is 5.44. The molecule has 20 heavy (non-hydrogen) atoms. The second-order valence-electron chi connectivity index (χ2n) is 3.55. The highest BCUT2D eigenvalue weighted by Crippen LogP contribution is 1.97. The fourth-order valence-electron chi connectivity index (χ4n) is 1.12. The summed E-state index contributed by atoms with van der Waals surface area (Å²) in [5.41, 5.74) is 3.13. The maximum atomic E-state index is 4.02. The molecule has 0 bridgehead atoms. The molecule has 100 valence electrons. The van der Waals surface area contributed by atoms with E-state index in [0.29, 0.717) is 0 Å². The molecule has 0 saturated carbocycles. The molecule has 0 amide bonds. The molecule has 0 aliphatic rings. The fourth-order valence-corrected chi connectivity index (χ4v) is 1.12. The topological polar surface area (TPSA) is 51.6 Å². The van der Waals surface area contributed by atoms with Crippen LogP contribution in [0.1, 0.15) is 22.8 Å². The van der Waals surface area contributed by atoms with Gasteiger partial charge in [0.1, 0.15) is 0 Å². The molecule has 0 saturated heterocycles. The molecule has 0 aliphatic carbocycles. The highest BCUT2D eigenvalue weighted by atomic mass is 14.8. The predicted octanol–water partition coefficient (Wildman–Crippen LogP) is 3.53. The van der Waals surface area contributed by atoms with Crippen LogP contribution >= 0.6 is 0 Å². The average molecular weight is 264 g/mol. The maximum absolute atomic E-state index is 4.02. The SMILES string of the molecule is C=Cc1cnc(C=C)cn1.C=Cc1cnc(C=C)cn1. The lowest BCUT2D eigenvalue weighted by molar-refractivity contribution is 1.16. The van der Waals surface area contributed by atoms with Crippen LogP contribution in [-0.2, 0) is 0 Å². The lowest BCUT2D eigenvalue weighted by atomic mass is 10.4. The van der Waals surface area contributed by atoms with Crippen molar-refractivity contribution in [2.75, 3.05) is 0 Å². The summed E-state index contributed by atoms with van der Waals surface area (Å²) in [6.07, 6.45) is 13.2. The number of rotatable bonds is 4. The van der Waals surface area contributed by atoms with Gasteiger partial charge in [0.25, 0.3) is 0 Å². The second kappa shape index (κ2) is 8.26. The summed E-state index contributed by atoms with van der Waals surface area (Å²) < 4.78 is 0. The standard InChI is InChI=1S/2C8H8N2/c2*1-3-7-5-10-8(4-2)6-9-7/h2*3-6H,1-2H2. The Hall–Kier alpha value is -2.88. The van der Waals surface area contributed by atoms with Gasteiger partial charge in [-0.15, -0.1) is 0 Å². The van der Waals surface area contributed by atoms with E-state index in [0.717, 1.165) is 22.8 Å². The summed E-state index contributed by atoms with van der Waals surface area (Å²) in [6.45, 7) is 14.2. The van der Waals surface area contributed by atoms with Crippen molar-refractivity contribution in [1.29, 1.82) is 0 Å². The summed E-state index contributed by atoms with van der Waals surface area (Å²) in [4.78, 5) is 16.1. The monoisotopic (exact) mass is 264 g/mol. The zero-order chi connectivity index (χ0) is 14.8. The largest absolute Gasteiger partial charge is 0.253 e. The van der Waals surface area contributed by atoms with Crippen molar-refractivity contribution < 1.29 is 0 Å². The van der Waals surface area contributed by atoms with E-state index in [1.807, 2.05) is 0 Å². The van der Waals surface area contributed by atoms with E-state index in [2.05, 4.69) is 46.3 Å². The Bertz CT molecular complexity index is 473. The molecule has 0 aliphatic heterocycles. The molecule has 0 fully saturated rings. The molecular weight excluding hydrogens is 248 g/mol. The van der Waals surface area contributed by atoms with Crippen molar-refractivity contribution >= 4 is 24.3 Å². The first-order valence-electron chi connectivity index (χ1n) is 5.87. The first kappa shape index (κ1) is 15.2. The van der Waals surface area contributed by atoms with E-state index in [1.54, 1.807) is 49.1 Å². The van der Waals surface area contributed by atoms with Gasteiger partial charge < -0.3 is 0 Å². The van der Waals surface area contributed by atoms with Gasteiger partial charge in [0.15, 0.2) is 0 Å². The minimum absolute atomic E-state index is 0.783. The van der Waals surface area contributed by atoms with E-state index in [4.69, 9.17) is 0 Å². The summed E-state index contributed by atoms with van der Waals surface area (Å²) >= 11 is 0. The first-order chi connectivity index (χ1) is 9.73. The van der Waals surface area contributed by atoms with Crippen molar-refractivity contribution in [2.24, 2.45) is 0 Å². The molecule has 0 unspecified atom stereocenters. The van der Waals surface area contributed by atoms with Crippen LogP contribution in [0.15, 0.2) is 51.1 Å². The van der Waals surface area contributed by atoms with E-state index in [1.165, 1.54) is 0 Å². The zero-order valence-electron chi connectivity index (χ0n) is 11.2. The number of nitrogens with zero attached hydrogens (tertiary/aromatic N) is 4. The number of aromatic nitrogens is 4.